The Labute approximate surface area is 188 Å². The molecular weight excluding hydrogens is 450 g/mol. The maximum atomic E-state index is 6.50. The molecule has 0 unspecified atom stereocenters. The summed E-state index contributed by atoms with van der Waals surface area (Å²) in [7, 11) is 0. The fourth-order valence-corrected chi connectivity index (χ4v) is 4.59. The van der Waals surface area contributed by atoms with Gasteiger partial charge in [0.25, 0.3) is 0 Å². The van der Waals surface area contributed by atoms with E-state index in [4.69, 9.17) is 56.2 Å². The summed E-state index contributed by atoms with van der Waals surface area (Å²) in [6.45, 7) is 0. The number of hydrazone groups is 1. The molecule has 2 heterocycles. The molecule has 0 saturated heterocycles. The van der Waals surface area contributed by atoms with Crippen molar-refractivity contribution >= 4 is 52.1 Å². The van der Waals surface area contributed by atoms with E-state index in [-0.39, 0.29) is 6.04 Å². The van der Waals surface area contributed by atoms with Gasteiger partial charge in [-0.15, -0.1) is 0 Å². The molecule has 0 spiro atoms. The van der Waals surface area contributed by atoms with Crippen LogP contribution < -0.4 is 4.74 Å². The van der Waals surface area contributed by atoms with Crippen LogP contribution in [0.2, 0.25) is 20.1 Å². The van der Waals surface area contributed by atoms with E-state index < -0.39 is 6.23 Å². The first-order valence-electron chi connectivity index (χ1n) is 9.02. The van der Waals surface area contributed by atoms with Gasteiger partial charge in [0.1, 0.15) is 5.75 Å². The van der Waals surface area contributed by atoms with Crippen molar-refractivity contribution in [1.82, 2.24) is 5.01 Å². The summed E-state index contributed by atoms with van der Waals surface area (Å²) < 4.78 is 6.32. The molecule has 146 valence electrons. The lowest BCUT2D eigenvalue weighted by Gasteiger charge is -2.38. The number of rotatable bonds is 2. The van der Waals surface area contributed by atoms with Crippen molar-refractivity contribution < 1.29 is 4.74 Å². The summed E-state index contributed by atoms with van der Waals surface area (Å²) in [5.41, 5.74) is 3.79. The van der Waals surface area contributed by atoms with Crippen molar-refractivity contribution in [3.8, 4) is 5.75 Å². The van der Waals surface area contributed by atoms with Crippen LogP contribution in [-0.4, -0.2) is 10.7 Å². The molecule has 2 aliphatic rings. The second kappa shape index (κ2) is 7.41. The second-order valence-corrected chi connectivity index (χ2v) is 8.69. The molecule has 0 aliphatic carbocycles. The van der Waals surface area contributed by atoms with Gasteiger partial charge in [0.15, 0.2) is 0 Å². The summed E-state index contributed by atoms with van der Waals surface area (Å²) in [6.07, 6.45) is 0.253. The molecule has 0 fully saturated rings. The minimum Gasteiger partial charge on any atom is -0.464 e. The lowest BCUT2D eigenvalue weighted by Crippen LogP contribution is -2.33. The first kappa shape index (κ1) is 19.1. The molecule has 0 N–H and O–H groups in total. The van der Waals surface area contributed by atoms with E-state index in [1.807, 2.05) is 53.5 Å². The summed E-state index contributed by atoms with van der Waals surface area (Å²) in [5, 5.41) is 9.33. The van der Waals surface area contributed by atoms with Gasteiger partial charge < -0.3 is 4.74 Å². The molecule has 0 aromatic heterocycles. The van der Waals surface area contributed by atoms with Gasteiger partial charge in [-0.05, 0) is 48.0 Å². The number of benzene rings is 3. The highest BCUT2D eigenvalue weighted by Gasteiger charge is 2.41. The Morgan fingerprint density at radius 1 is 0.793 bits per heavy atom. The zero-order valence-corrected chi connectivity index (χ0v) is 18.0. The highest BCUT2D eigenvalue weighted by Crippen LogP contribution is 2.49. The molecule has 5 rings (SSSR count). The number of halogens is 4. The van der Waals surface area contributed by atoms with Gasteiger partial charge in [0, 0.05) is 32.6 Å². The van der Waals surface area contributed by atoms with Crippen LogP contribution in [-0.2, 0) is 0 Å². The monoisotopic (exact) mass is 462 g/mol. The fraction of sp³-hybridized carbons (Fsp3) is 0.136. The standard InChI is InChI=1S/C22H14Cl4N2O/c23-13-3-1-12(2-4-13)19-11-20-17-9-14(24)6-8-21(17)29-22(28(20)27-19)16-7-5-15(25)10-18(16)26/h1-10,20,22H,11H2/t20-,22+/m0/s1. The number of fused-ring (bicyclic) bond motifs is 3. The quantitative estimate of drug-likeness (QED) is 0.392. The molecule has 3 aromatic rings. The normalized spacial score (nSPS) is 20.0. The molecule has 29 heavy (non-hydrogen) atoms. The van der Waals surface area contributed by atoms with Crippen LogP contribution >= 0.6 is 46.4 Å². The van der Waals surface area contributed by atoms with Crippen LogP contribution in [0.4, 0.5) is 0 Å². The van der Waals surface area contributed by atoms with Gasteiger partial charge in [-0.1, -0.05) is 64.6 Å². The van der Waals surface area contributed by atoms with Crippen molar-refractivity contribution in [3.63, 3.8) is 0 Å². The van der Waals surface area contributed by atoms with Gasteiger partial charge in [-0.25, -0.2) is 5.01 Å². The third-order valence-electron chi connectivity index (χ3n) is 5.16. The van der Waals surface area contributed by atoms with Crippen LogP contribution in [0.5, 0.6) is 5.75 Å². The van der Waals surface area contributed by atoms with Gasteiger partial charge in [0.05, 0.1) is 16.8 Å². The van der Waals surface area contributed by atoms with Crippen LogP contribution in [0.25, 0.3) is 0 Å². The van der Waals surface area contributed by atoms with E-state index in [1.165, 1.54) is 0 Å². The highest BCUT2D eigenvalue weighted by atomic mass is 35.5. The Morgan fingerprint density at radius 3 is 2.24 bits per heavy atom. The third-order valence-corrected chi connectivity index (χ3v) is 6.21. The largest absolute Gasteiger partial charge is 0.464 e. The summed E-state index contributed by atoms with van der Waals surface area (Å²) >= 11 is 24.9. The highest BCUT2D eigenvalue weighted by molar-refractivity contribution is 6.35. The van der Waals surface area contributed by atoms with Gasteiger partial charge in [-0.2, -0.15) is 5.10 Å². The summed E-state index contributed by atoms with van der Waals surface area (Å²) in [4.78, 5) is 0. The molecule has 0 saturated carbocycles. The van der Waals surface area contributed by atoms with Crippen molar-refractivity contribution in [1.29, 1.82) is 0 Å². The zero-order chi connectivity index (χ0) is 20.1. The SMILES string of the molecule is Clc1ccc(C2=NN3[C@@H](c4ccc(Cl)cc4Cl)Oc4ccc(Cl)cc4[C@@H]3C2)cc1. The smallest absolute Gasteiger partial charge is 0.215 e. The Kier molecular flexibility index (Phi) is 4.87. The maximum Gasteiger partial charge on any atom is 0.215 e. The minimum atomic E-state index is -0.469. The Balaban J connectivity index is 1.62. The first-order valence-corrected chi connectivity index (χ1v) is 10.5. The number of nitrogens with zero attached hydrogens (tertiary/aromatic N) is 2. The van der Waals surface area contributed by atoms with Gasteiger partial charge >= 0.3 is 0 Å². The predicted molar refractivity (Wildman–Crippen MR) is 118 cm³/mol. The molecule has 2 atom stereocenters. The third kappa shape index (κ3) is 3.47. The molecule has 3 aromatic carbocycles. The summed E-state index contributed by atoms with van der Waals surface area (Å²) in [6, 6.07) is 18.7. The molecule has 0 bridgehead atoms. The molecule has 0 amide bonds. The lowest BCUT2D eigenvalue weighted by atomic mass is 9.96. The minimum absolute atomic E-state index is 0.0140. The van der Waals surface area contributed by atoms with E-state index in [2.05, 4.69) is 0 Å². The Hall–Kier alpha value is -1.91. The zero-order valence-electron chi connectivity index (χ0n) is 14.9. The maximum absolute atomic E-state index is 6.50. The Bertz CT molecular complexity index is 1130. The lowest BCUT2D eigenvalue weighted by molar-refractivity contribution is -0.0189. The number of hydrogen-bond acceptors (Lipinski definition) is 3. The van der Waals surface area contributed by atoms with E-state index in [9.17, 15) is 0 Å². The summed E-state index contributed by atoms with van der Waals surface area (Å²) in [5.74, 6) is 0.777. The predicted octanol–water partition coefficient (Wildman–Crippen LogP) is 7.54. The fourth-order valence-electron chi connectivity index (χ4n) is 3.78. The van der Waals surface area contributed by atoms with E-state index in [1.54, 1.807) is 12.1 Å². The van der Waals surface area contributed by atoms with Crippen LogP contribution in [0.15, 0.2) is 65.8 Å². The molecular formula is C22H14Cl4N2O. The molecule has 3 nitrogen and oxygen atoms in total. The van der Waals surface area contributed by atoms with Crippen LogP contribution in [0.1, 0.15) is 35.4 Å². The van der Waals surface area contributed by atoms with E-state index in [0.29, 0.717) is 20.1 Å². The average molecular weight is 464 g/mol. The topological polar surface area (TPSA) is 24.8 Å². The van der Waals surface area contributed by atoms with Crippen LogP contribution in [0.3, 0.4) is 0 Å². The molecule has 7 heteroatoms. The van der Waals surface area contributed by atoms with Gasteiger partial charge in [-0.3, -0.25) is 0 Å². The molecule has 2 aliphatic heterocycles. The molecule has 0 radical (unpaired) electrons. The van der Waals surface area contributed by atoms with Crippen molar-refractivity contribution in [3.05, 3.63) is 97.4 Å². The second-order valence-electron chi connectivity index (χ2n) is 6.97. The van der Waals surface area contributed by atoms with E-state index >= 15 is 0 Å². The first-order chi connectivity index (χ1) is 14.0. The van der Waals surface area contributed by atoms with Crippen molar-refractivity contribution in [2.75, 3.05) is 0 Å². The average Bonchev–Trinajstić information content (AvgIpc) is 3.14. The Morgan fingerprint density at radius 2 is 1.48 bits per heavy atom. The van der Waals surface area contributed by atoms with Crippen molar-refractivity contribution in [2.24, 2.45) is 5.10 Å². The van der Waals surface area contributed by atoms with Crippen molar-refractivity contribution in [2.45, 2.75) is 18.7 Å². The number of hydrogen-bond donors (Lipinski definition) is 0. The number of ether oxygens (including phenoxy) is 1. The van der Waals surface area contributed by atoms with Gasteiger partial charge in [0.2, 0.25) is 6.23 Å². The van der Waals surface area contributed by atoms with E-state index in [0.717, 1.165) is 34.6 Å². The van der Waals surface area contributed by atoms with Crippen LogP contribution in [0, 0.1) is 0 Å².